The zero-order valence-electron chi connectivity index (χ0n) is 29.9. The molecule has 51 heavy (non-hydrogen) atoms. The number of hydrogen-bond acceptors (Lipinski definition) is 2. The first-order chi connectivity index (χ1) is 24.9. The van der Waals surface area contributed by atoms with Crippen molar-refractivity contribution in [3.8, 4) is 29.0 Å². The average molecular weight is 665 g/mol. The maximum Gasteiger partial charge on any atom is 0.103 e. The van der Waals surface area contributed by atoms with Crippen molar-refractivity contribution in [1.82, 2.24) is 9.13 Å². The molecule has 0 spiro atoms. The molecule has 0 aliphatic heterocycles. The lowest BCUT2D eigenvalue weighted by atomic mass is 9.65. The minimum absolute atomic E-state index is 0.0379. The number of allylic oxidation sites excluding steroid dienone is 4. The molecule has 0 amide bonds. The highest BCUT2D eigenvalue weighted by Gasteiger charge is 2.47. The molecule has 252 valence electrons. The Bertz CT molecular complexity index is 2360. The molecule has 2 aliphatic rings. The van der Waals surface area contributed by atoms with Crippen LogP contribution in [0.25, 0.3) is 52.0 Å². The molecule has 2 aliphatic carbocycles. The lowest BCUT2D eigenvalue weighted by molar-refractivity contribution is 0.238. The Labute approximate surface area is 302 Å². The highest BCUT2D eigenvalue weighted by atomic mass is 15.1. The molecule has 7 rings (SSSR count). The Morgan fingerprint density at radius 2 is 1.80 bits per heavy atom. The summed E-state index contributed by atoms with van der Waals surface area (Å²) in [7, 11) is 0. The monoisotopic (exact) mass is 664 g/mol. The molecule has 4 nitrogen and oxygen atoms in total. The number of aryl methyl sites for hydroxylation is 1. The highest BCUT2D eigenvalue weighted by Crippen LogP contribution is 2.52. The van der Waals surface area contributed by atoms with Crippen LogP contribution in [-0.2, 0) is 11.8 Å². The number of nitrogens with zero attached hydrogens (tertiary/aromatic N) is 4. The molecule has 0 radical (unpaired) electrons. The molecule has 2 heterocycles. The summed E-state index contributed by atoms with van der Waals surface area (Å²) >= 11 is 0. The smallest absolute Gasteiger partial charge is 0.103 e. The number of fused-ring (bicyclic) bond motifs is 2. The minimum Gasteiger partial charge on any atom is -0.339 e. The lowest BCUT2D eigenvalue weighted by Crippen LogP contribution is -2.40. The van der Waals surface area contributed by atoms with E-state index in [0.29, 0.717) is 11.5 Å². The van der Waals surface area contributed by atoms with Crippen LogP contribution >= 0.6 is 0 Å². The van der Waals surface area contributed by atoms with E-state index in [4.69, 9.17) is 0 Å². The molecule has 3 atom stereocenters. The van der Waals surface area contributed by atoms with Crippen LogP contribution in [-0.4, -0.2) is 9.13 Å². The SMILES string of the molecule is C=C/C=C\c1c(C)c2ccc(C#N)cc2n1-c1cccc(-c2ccccc2C2(C#N)CCCC[C@@H]2n2c(/C=C\C)c(C=C)c3c2CC(C)C=C3)c1. The third-order valence-corrected chi connectivity index (χ3v) is 11.1. The minimum atomic E-state index is -0.743. The maximum atomic E-state index is 11.5. The van der Waals surface area contributed by atoms with Crippen LogP contribution < -0.4 is 0 Å². The standard InChI is InChI=1S/C47H44N4/c1-6-9-20-42-33(5)38-25-23-34(30-48)28-45(38)50(42)36-17-14-16-35(29-36)39-18-10-11-19-41(39)47(31-49)26-13-12-21-46(47)51-43(15-7-2)37(8-3)40-24-22-32(4)27-44(40)51/h6-11,14-20,22-25,28-29,32,46H,1,3,12-13,21,26-27H2,2,4-5H3/b15-7-,20-9-/t32?,46-,47?/m0/s1. The molecule has 3 aromatic carbocycles. The number of benzene rings is 3. The van der Waals surface area contributed by atoms with Gasteiger partial charge in [-0.1, -0.05) is 112 Å². The summed E-state index contributed by atoms with van der Waals surface area (Å²) in [5, 5.41) is 22.4. The average Bonchev–Trinajstić information content (AvgIpc) is 3.62. The summed E-state index contributed by atoms with van der Waals surface area (Å²) in [6, 6.07) is 28.3. The molecule has 4 heteroatoms. The van der Waals surface area contributed by atoms with Gasteiger partial charge in [0.05, 0.1) is 29.3 Å². The third-order valence-electron chi connectivity index (χ3n) is 11.1. The lowest BCUT2D eigenvalue weighted by Gasteiger charge is -2.43. The Morgan fingerprint density at radius 1 is 0.961 bits per heavy atom. The van der Waals surface area contributed by atoms with Crippen LogP contribution in [0.15, 0.2) is 104 Å². The van der Waals surface area contributed by atoms with E-state index in [-0.39, 0.29) is 6.04 Å². The number of hydrogen-bond donors (Lipinski definition) is 0. The first kappa shape index (κ1) is 33.6. The van der Waals surface area contributed by atoms with E-state index in [1.807, 2.05) is 30.4 Å². The van der Waals surface area contributed by atoms with Crippen molar-refractivity contribution in [3.05, 3.63) is 149 Å². The Morgan fingerprint density at radius 3 is 2.57 bits per heavy atom. The van der Waals surface area contributed by atoms with Crippen molar-refractivity contribution in [2.75, 3.05) is 0 Å². The van der Waals surface area contributed by atoms with Gasteiger partial charge < -0.3 is 9.13 Å². The number of rotatable bonds is 8. The fourth-order valence-electron chi connectivity index (χ4n) is 8.75. The van der Waals surface area contributed by atoms with Gasteiger partial charge in [0.25, 0.3) is 0 Å². The molecule has 0 saturated heterocycles. The number of aromatic nitrogens is 2. The molecule has 2 aromatic heterocycles. The second-order valence-corrected chi connectivity index (χ2v) is 14.0. The van der Waals surface area contributed by atoms with Gasteiger partial charge in [-0.25, -0.2) is 0 Å². The normalized spacial score (nSPS) is 20.0. The van der Waals surface area contributed by atoms with Crippen LogP contribution in [0.1, 0.15) is 90.5 Å². The molecule has 0 N–H and O–H groups in total. The van der Waals surface area contributed by atoms with Gasteiger partial charge >= 0.3 is 0 Å². The summed E-state index contributed by atoms with van der Waals surface area (Å²) in [5.74, 6) is 0.418. The predicted octanol–water partition coefficient (Wildman–Crippen LogP) is 11.9. The molecular weight excluding hydrogens is 621 g/mol. The van der Waals surface area contributed by atoms with Crippen molar-refractivity contribution >= 4 is 35.2 Å². The van der Waals surface area contributed by atoms with Crippen molar-refractivity contribution < 1.29 is 0 Å². The van der Waals surface area contributed by atoms with Gasteiger partial charge in [-0.3, -0.25) is 0 Å². The third kappa shape index (κ3) is 5.53. The van der Waals surface area contributed by atoms with Crippen LogP contribution in [0.5, 0.6) is 0 Å². The Hall–Kier alpha value is -5.84. The van der Waals surface area contributed by atoms with Gasteiger partial charge in [-0.2, -0.15) is 10.5 Å². The van der Waals surface area contributed by atoms with Gasteiger partial charge in [0.2, 0.25) is 0 Å². The first-order valence-electron chi connectivity index (χ1n) is 18.1. The summed E-state index contributed by atoms with van der Waals surface area (Å²) in [4.78, 5) is 0. The molecule has 1 fully saturated rings. The van der Waals surface area contributed by atoms with Gasteiger partial charge in [-0.05, 0) is 97.7 Å². The summed E-state index contributed by atoms with van der Waals surface area (Å²) < 4.78 is 4.77. The van der Waals surface area contributed by atoms with E-state index in [1.165, 1.54) is 11.3 Å². The molecular formula is C47H44N4. The Balaban J connectivity index is 1.44. The second-order valence-electron chi connectivity index (χ2n) is 14.0. The summed E-state index contributed by atoms with van der Waals surface area (Å²) in [5.41, 5.74) is 12.1. The second kappa shape index (κ2) is 13.8. The van der Waals surface area contributed by atoms with Crippen molar-refractivity contribution in [2.45, 2.75) is 64.3 Å². The van der Waals surface area contributed by atoms with Crippen LogP contribution in [0, 0.1) is 35.5 Å². The van der Waals surface area contributed by atoms with E-state index in [0.717, 1.165) is 87.9 Å². The van der Waals surface area contributed by atoms with E-state index in [9.17, 15) is 10.5 Å². The molecule has 0 bridgehead atoms. The highest BCUT2D eigenvalue weighted by molar-refractivity contribution is 5.91. The summed E-state index contributed by atoms with van der Waals surface area (Å²) in [6.07, 6.45) is 21.4. The largest absolute Gasteiger partial charge is 0.339 e. The van der Waals surface area contributed by atoms with Crippen molar-refractivity contribution in [1.29, 1.82) is 10.5 Å². The molecule has 2 unspecified atom stereocenters. The zero-order valence-corrected chi connectivity index (χ0v) is 29.9. The van der Waals surface area contributed by atoms with Crippen LogP contribution in [0.4, 0.5) is 0 Å². The Kier molecular flexibility index (Phi) is 9.12. The van der Waals surface area contributed by atoms with Crippen LogP contribution in [0.2, 0.25) is 0 Å². The number of nitriles is 2. The first-order valence-corrected chi connectivity index (χ1v) is 18.1. The molecule has 5 aromatic rings. The van der Waals surface area contributed by atoms with E-state index in [1.54, 1.807) is 6.08 Å². The maximum absolute atomic E-state index is 11.5. The van der Waals surface area contributed by atoms with E-state index in [2.05, 4.69) is 134 Å². The van der Waals surface area contributed by atoms with Gasteiger partial charge in [0.1, 0.15) is 5.41 Å². The van der Waals surface area contributed by atoms with Gasteiger partial charge in [-0.15, -0.1) is 0 Å². The van der Waals surface area contributed by atoms with Crippen LogP contribution in [0.3, 0.4) is 0 Å². The summed E-state index contributed by atoms with van der Waals surface area (Å²) in [6.45, 7) is 14.6. The predicted molar refractivity (Wildman–Crippen MR) is 213 cm³/mol. The van der Waals surface area contributed by atoms with E-state index < -0.39 is 5.41 Å². The topological polar surface area (TPSA) is 57.4 Å². The van der Waals surface area contributed by atoms with Crippen molar-refractivity contribution in [2.24, 2.45) is 5.92 Å². The molecule has 1 saturated carbocycles. The van der Waals surface area contributed by atoms with Crippen molar-refractivity contribution in [3.63, 3.8) is 0 Å². The van der Waals surface area contributed by atoms with E-state index >= 15 is 0 Å². The fourth-order valence-corrected chi connectivity index (χ4v) is 8.75. The fraction of sp³-hybridized carbons (Fsp3) is 0.234. The van der Waals surface area contributed by atoms with Gasteiger partial charge in [0, 0.05) is 39.3 Å². The zero-order chi connectivity index (χ0) is 35.7. The van der Waals surface area contributed by atoms with Gasteiger partial charge in [0.15, 0.2) is 0 Å². The quantitative estimate of drug-likeness (QED) is 0.155.